The quantitative estimate of drug-likeness (QED) is 0.431. The number of allylic oxidation sites excluding steroid dienone is 1. The number of rotatable bonds is 6. The maximum Gasteiger partial charge on any atom is 0.321 e. The zero-order chi connectivity index (χ0) is 19.1. The van der Waals surface area contributed by atoms with Gasteiger partial charge >= 0.3 is 11.9 Å². The van der Waals surface area contributed by atoms with Crippen LogP contribution in [-0.2, 0) is 19.1 Å². The molecule has 0 radical (unpaired) electrons. The second-order valence-corrected chi connectivity index (χ2v) is 7.35. The molecule has 2 aromatic rings. The summed E-state index contributed by atoms with van der Waals surface area (Å²) in [6.07, 6.45) is 3.69. The van der Waals surface area contributed by atoms with Crippen LogP contribution in [0.2, 0.25) is 0 Å². The van der Waals surface area contributed by atoms with E-state index in [1.807, 2.05) is 60.7 Å². The second kappa shape index (κ2) is 9.69. The third-order valence-corrected chi connectivity index (χ3v) is 4.83. The van der Waals surface area contributed by atoms with E-state index < -0.39 is 23.8 Å². The topological polar surface area (TPSA) is 52.6 Å². The summed E-state index contributed by atoms with van der Waals surface area (Å²) in [6.45, 7) is 0. The van der Waals surface area contributed by atoms with Gasteiger partial charge in [-0.1, -0.05) is 68.3 Å². The summed E-state index contributed by atoms with van der Waals surface area (Å²) in [6, 6.07) is 15.2. The van der Waals surface area contributed by atoms with Crippen molar-refractivity contribution in [1.82, 2.24) is 0 Å². The largest absolute Gasteiger partial charge is 0.468 e. The number of carbonyl (C=O) groups excluding carboxylic acids is 2. The van der Waals surface area contributed by atoms with Gasteiger partial charge in [0.25, 0.3) is 0 Å². The lowest BCUT2D eigenvalue weighted by atomic mass is 9.85. The van der Waals surface area contributed by atoms with E-state index in [0.29, 0.717) is 0 Å². The van der Waals surface area contributed by atoms with Gasteiger partial charge in [0.05, 0.1) is 14.2 Å². The Bertz CT molecular complexity index is 801. The van der Waals surface area contributed by atoms with Crippen molar-refractivity contribution in [2.45, 2.75) is 5.92 Å². The molecule has 0 aromatic heterocycles. The maximum absolute atomic E-state index is 12.3. The Morgan fingerprint density at radius 3 is 2.04 bits per heavy atom. The fraction of sp³-hybridized carbons (Fsp3) is 0.200. The molecule has 4 nitrogen and oxygen atoms in total. The van der Waals surface area contributed by atoms with Gasteiger partial charge in [0, 0.05) is 14.9 Å². The summed E-state index contributed by atoms with van der Waals surface area (Å²) in [5.74, 6) is -2.91. The molecule has 0 spiro atoms. The Morgan fingerprint density at radius 1 is 0.923 bits per heavy atom. The van der Waals surface area contributed by atoms with Crippen molar-refractivity contribution < 1.29 is 19.1 Å². The number of halogens is 2. The molecular formula is C20H18Br2O4. The zero-order valence-electron chi connectivity index (χ0n) is 14.3. The molecule has 0 bridgehead atoms. The summed E-state index contributed by atoms with van der Waals surface area (Å²) < 4.78 is 11.5. The van der Waals surface area contributed by atoms with E-state index in [4.69, 9.17) is 9.47 Å². The molecule has 0 aliphatic carbocycles. The molecule has 2 aromatic carbocycles. The van der Waals surface area contributed by atoms with E-state index in [-0.39, 0.29) is 0 Å². The van der Waals surface area contributed by atoms with Crippen molar-refractivity contribution >= 4 is 49.9 Å². The molecule has 2 rings (SSSR count). The first-order chi connectivity index (χ1) is 12.5. The lowest BCUT2D eigenvalue weighted by molar-refractivity contribution is -0.159. The number of methoxy groups -OCH3 is 2. The van der Waals surface area contributed by atoms with E-state index in [1.54, 1.807) is 0 Å². The van der Waals surface area contributed by atoms with Crippen LogP contribution in [0.25, 0.3) is 6.08 Å². The van der Waals surface area contributed by atoms with Gasteiger partial charge < -0.3 is 9.47 Å². The molecule has 0 saturated carbocycles. The molecule has 1 atom stereocenters. The minimum Gasteiger partial charge on any atom is -0.468 e. The highest BCUT2D eigenvalue weighted by molar-refractivity contribution is 9.10. The SMILES string of the molecule is COC(=O)C(C(=O)OC)C(/C=C/c1cccc(Br)c1)c1cccc(Br)c1. The molecule has 0 amide bonds. The monoisotopic (exact) mass is 480 g/mol. The third-order valence-electron chi connectivity index (χ3n) is 3.85. The number of ether oxygens (including phenoxy) is 2. The van der Waals surface area contributed by atoms with Crippen LogP contribution in [0.1, 0.15) is 17.0 Å². The normalized spacial score (nSPS) is 12.2. The summed E-state index contributed by atoms with van der Waals surface area (Å²) >= 11 is 6.86. The highest BCUT2D eigenvalue weighted by atomic mass is 79.9. The zero-order valence-corrected chi connectivity index (χ0v) is 17.5. The minimum absolute atomic E-state index is 0.536. The van der Waals surface area contributed by atoms with Crippen molar-refractivity contribution in [1.29, 1.82) is 0 Å². The van der Waals surface area contributed by atoms with Gasteiger partial charge in [-0.2, -0.15) is 0 Å². The van der Waals surface area contributed by atoms with E-state index >= 15 is 0 Å². The molecule has 1 unspecified atom stereocenters. The number of carbonyl (C=O) groups is 2. The van der Waals surface area contributed by atoms with Gasteiger partial charge in [0.15, 0.2) is 5.92 Å². The van der Waals surface area contributed by atoms with Crippen molar-refractivity contribution in [3.8, 4) is 0 Å². The van der Waals surface area contributed by atoms with E-state index in [9.17, 15) is 9.59 Å². The van der Waals surface area contributed by atoms with Gasteiger partial charge in [-0.25, -0.2) is 0 Å². The smallest absolute Gasteiger partial charge is 0.321 e. The van der Waals surface area contributed by atoms with Crippen LogP contribution in [0.3, 0.4) is 0 Å². The molecule has 0 heterocycles. The average molecular weight is 482 g/mol. The van der Waals surface area contributed by atoms with Crippen LogP contribution < -0.4 is 0 Å². The maximum atomic E-state index is 12.3. The fourth-order valence-electron chi connectivity index (χ4n) is 2.60. The van der Waals surface area contributed by atoms with Crippen LogP contribution in [0, 0.1) is 5.92 Å². The van der Waals surface area contributed by atoms with E-state index in [0.717, 1.165) is 20.1 Å². The molecule has 6 heteroatoms. The minimum atomic E-state index is -1.09. The summed E-state index contributed by atoms with van der Waals surface area (Å²) in [5.41, 5.74) is 1.74. The van der Waals surface area contributed by atoms with Crippen LogP contribution in [0.4, 0.5) is 0 Å². The van der Waals surface area contributed by atoms with Crippen molar-refractivity contribution in [2.75, 3.05) is 14.2 Å². The molecule has 0 aliphatic rings. The Labute approximate surface area is 169 Å². The van der Waals surface area contributed by atoms with Crippen LogP contribution in [-0.4, -0.2) is 26.2 Å². The molecular weight excluding hydrogens is 464 g/mol. The first kappa shape index (κ1) is 20.4. The number of benzene rings is 2. The highest BCUT2D eigenvalue weighted by Gasteiger charge is 2.36. The molecule has 0 N–H and O–H groups in total. The standard InChI is InChI=1S/C20H18Br2O4/c1-25-19(23)18(20(24)26-2)17(14-6-4-8-16(22)12-14)10-9-13-5-3-7-15(21)11-13/h3-12,17-18H,1-2H3/b10-9+. The van der Waals surface area contributed by atoms with Crippen LogP contribution in [0.5, 0.6) is 0 Å². The Balaban J connectivity index is 2.50. The van der Waals surface area contributed by atoms with Gasteiger partial charge in [-0.05, 0) is 35.4 Å². The second-order valence-electron chi connectivity index (χ2n) is 5.52. The predicted octanol–water partition coefficient (Wildman–Crippen LogP) is 4.97. The average Bonchev–Trinajstić information content (AvgIpc) is 2.64. The third kappa shape index (κ3) is 5.29. The van der Waals surface area contributed by atoms with Crippen molar-refractivity contribution in [2.24, 2.45) is 5.92 Å². The van der Waals surface area contributed by atoms with Gasteiger partial charge in [-0.15, -0.1) is 0 Å². The lowest BCUT2D eigenvalue weighted by Crippen LogP contribution is -2.31. The van der Waals surface area contributed by atoms with Crippen molar-refractivity contribution in [3.05, 3.63) is 74.7 Å². The lowest BCUT2D eigenvalue weighted by Gasteiger charge is -2.21. The van der Waals surface area contributed by atoms with E-state index in [2.05, 4.69) is 31.9 Å². The predicted molar refractivity (Wildman–Crippen MR) is 108 cm³/mol. The molecule has 0 saturated heterocycles. The highest BCUT2D eigenvalue weighted by Crippen LogP contribution is 2.31. The number of hydrogen-bond donors (Lipinski definition) is 0. The van der Waals surface area contributed by atoms with Gasteiger partial charge in [0.1, 0.15) is 0 Å². The first-order valence-corrected chi connectivity index (χ1v) is 9.39. The van der Waals surface area contributed by atoms with Gasteiger partial charge in [-0.3, -0.25) is 9.59 Å². The summed E-state index contributed by atoms with van der Waals surface area (Å²) in [5, 5.41) is 0. The fourth-order valence-corrected chi connectivity index (χ4v) is 3.43. The summed E-state index contributed by atoms with van der Waals surface area (Å²) in [7, 11) is 2.52. The van der Waals surface area contributed by atoms with Gasteiger partial charge in [0.2, 0.25) is 0 Å². The number of hydrogen-bond acceptors (Lipinski definition) is 4. The Hall–Kier alpha value is -1.92. The van der Waals surface area contributed by atoms with Crippen molar-refractivity contribution in [3.63, 3.8) is 0 Å². The molecule has 0 aliphatic heterocycles. The number of esters is 2. The summed E-state index contributed by atoms with van der Waals surface area (Å²) in [4.78, 5) is 24.6. The Kier molecular flexibility index (Phi) is 7.60. The molecule has 0 fully saturated rings. The van der Waals surface area contributed by atoms with Crippen LogP contribution in [0.15, 0.2) is 63.6 Å². The molecule has 26 heavy (non-hydrogen) atoms. The van der Waals surface area contributed by atoms with E-state index in [1.165, 1.54) is 14.2 Å². The first-order valence-electron chi connectivity index (χ1n) is 7.81. The van der Waals surface area contributed by atoms with Crippen LogP contribution >= 0.6 is 31.9 Å². The molecule has 136 valence electrons. The Morgan fingerprint density at radius 2 is 1.50 bits per heavy atom.